The van der Waals surface area contributed by atoms with Gasteiger partial charge >= 0.3 is 7.60 Å². The Labute approximate surface area is 140 Å². The van der Waals surface area contributed by atoms with Gasteiger partial charge in [0.25, 0.3) is 3.79 Å². The van der Waals surface area contributed by atoms with E-state index in [4.69, 9.17) is 54.0 Å². The van der Waals surface area contributed by atoms with Crippen LogP contribution in [0.1, 0.15) is 32.6 Å². The first kappa shape index (κ1) is 21.2. The molecule has 0 fully saturated rings. The molecule has 0 rings (SSSR count). The topological polar surface area (TPSA) is 68.6 Å². The zero-order valence-corrected chi connectivity index (χ0v) is 15.4. The smallest absolute Gasteiger partial charge is 0.374 e. The highest BCUT2D eigenvalue weighted by Gasteiger charge is 2.39. The van der Waals surface area contributed by atoms with E-state index in [1.807, 2.05) is 0 Å². The van der Waals surface area contributed by atoms with Gasteiger partial charge in [-0.1, -0.05) is 60.6 Å². The Balaban J connectivity index is 4.95. The first-order valence-corrected chi connectivity index (χ1v) is 9.16. The minimum Gasteiger partial charge on any atom is -0.457 e. The van der Waals surface area contributed by atoms with Crippen molar-refractivity contribution in [3.63, 3.8) is 0 Å². The van der Waals surface area contributed by atoms with Crippen LogP contribution in [0.25, 0.3) is 0 Å². The van der Waals surface area contributed by atoms with Crippen LogP contribution in [-0.2, 0) is 18.3 Å². The molecule has 1 atom stereocenters. The molecule has 0 aromatic carbocycles. The summed E-state index contributed by atoms with van der Waals surface area (Å²) in [5, 5.41) is 7.56. The van der Waals surface area contributed by atoms with Crippen molar-refractivity contribution in [1.29, 1.82) is 5.41 Å². The van der Waals surface area contributed by atoms with E-state index in [1.54, 1.807) is 6.08 Å². The van der Waals surface area contributed by atoms with Gasteiger partial charge in [-0.3, -0.25) is 9.97 Å². The normalized spacial score (nSPS) is 14.4. The lowest BCUT2D eigenvalue weighted by Gasteiger charge is -2.24. The lowest BCUT2D eigenvalue weighted by Crippen LogP contribution is -2.27. The summed E-state index contributed by atoms with van der Waals surface area (Å²) in [5.74, 6) is -1.79. The van der Waals surface area contributed by atoms with Crippen LogP contribution in [0, 0.1) is 5.41 Å². The van der Waals surface area contributed by atoms with Crippen LogP contribution < -0.4 is 0 Å². The number of alkyl halides is 3. The molecule has 5 nitrogen and oxygen atoms in total. The molecular weight excluding hydrogens is 359 g/mol. The molecule has 9 heteroatoms. The molecule has 0 aliphatic rings. The molecule has 0 heterocycles. The van der Waals surface area contributed by atoms with Gasteiger partial charge in [0.05, 0.1) is 0 Å². The number of ether oxygens (including phenoxy) is 1. The quantitative estimate of drug-likeness (QED) is 0.147. The molecular formula is C12H21Cl3NO4P. The second-order valence-electron chi connectivity index (χ2n) is 4.16. The summed E-state index contributed by atoms with van der Waals surface area (Å²) in [6, 6.07) is 0. The van der Waals surface area contributed by atoms with Crippen LogP contribution in [0.5, 0.6) is 0 Å². The Hall–Kier alpha value is 0.230. The van der Waals surface area contributed by atoms with Crippen LogP contribution in [0.3, 0.4) is 0 Å². The summed E-state index contributed by atoms with van der Waals surface area (Å²) in [5.41, 5.74) is 0. The molecule has 21 heavy (non-hydrogen) atoms. The van der Waals surface area contributed by atoms with Crippen LogP contribution >= 0.6 is 42.4 Å². The molecule has 124 valence electrons. The van der Waals surface area contributed by atoms with Crippen molar-refractivity contribution in [3.05, 3.63) is 12.2 Å². The molecule has 0 aromatic rings. The molecule has 0 saturated heterocycles. The van der Waals surface area contributed by atoms with Crippen LogP contribution in [0.2, 0.25) is 0 Å². The first-order valence-electron chi connectivity index (χ1n) is 6.41. The Bertz CT molecular complexity index is 390. The number of hydrogen-bond acceptors (Lipinski definition) is 5. The van der Waals surface area contributed by atoms with Gasteiger partial charge < -0.3 is 13.8 Å². The molecule has 0 bridgehead atoms. The van der Waals surface area contributed by atoms with Crippen molar-refractivity contribution in [3.8, 4) is 0 Å². The summed E-state index contributed by atoms with van der Waals surface area (Å²) >= 11 is 16.7. The molecule has 0 amide bonds. The highest BCUT2D eigenvalue weighted by Crippen LogP contribution is 2.53. The summed E-state index contributed by atoms with van der Waals surface area (Å²) in [4.78, 5) is 0. The maximum Gasteiger partial charge on any atom is 0.374 e. The molecule has 0 aliphatic heterocycles. The van der Waals surface area contributed by atoms with E-state index in [0.29, 0.717) is 0 Å². The van der Waals surface area contributed by atoms with E-state index in [1.165, 1.54) is 20.3 Å². The fourth-order valence-corrected chi connectivity index (χ4v) is 2.67. The molecule has 0 saturated carbocycles. The summed E-state index contributed by atoms with van der Waals surface area (Å²) in [6.07, 6.45) is 7.26. The van der Waals surface area contributed by atoms with Crippen molar-refractivity contribution in [2.45, 2.75) is 42.2 Å². The summed E-state index contributed by atoms with van der Waals surface area (Å²) in [7, 11) is -1.14. The number of halogens is 3. The molecule has 1 N–H and O–H groups in total. The Kier molecular flexibility index (Phi) is 10.2. The Morgan fingerprint density at radius 3 is 2.29 bits per heavy atom. The zero-order chi connectivity index (χ0) is 16.5. The van der Waals surface area contributed by atoms with Gasteiger partial charge in [0.2, 0.25) is 11.7 Å². The fraction of sp³-hybridized carbons (Fsp3) is 0.750. The van der Waals surface area contributed by atoms with Crippen molar-refractivity contribution < 1.29 is 18.3 Å². The summed E-state index contributed by atoms with van der Waals surface area (Å²) < 4.78 is 25.2. The minimum atomic E-state index is -3.60. The molecule has 0 aromatic heterocycles. The van der Waals surface area contributed by atoms with Crippen molar-refractivity contribution >= 4 is 48.3 Å². The van der Waals surface area contributed by atoms with Crippen molar-refractivity contribution in [1.82, 2.24) is 0 Å². The standard InChI is InChI=1S/C12H21Cl3NO4P/c1-4-5-6-7-8-9-10(21(17,18-2)19-3)20-11(16)12(13,14)15/h8-10,16H,4-7H2,1-3H3/b9-8-,16-11?/t10-/m0/s1. The second-order valence-corrected chi connectivity index (χ2v) is 8.76. The van der Waals surface area contributed by atoms with E-state index < -0.39 is 23.1 Å². The monoisotopic (exact) mass is 379 g/mol. The van der Waals surface area contributed by atoms with E-state index in [-0.39, 0.29) is 0 Å². The predicted molar refractivity (Wildman–Crippen MR) is 87.8 cm³/mol. The van der Waals surface area contributed by atoms with Crippen LogP contribution in [-0.4, -0.2) is 29.8 Å². The predicted octanol–water partition coefficient (Wildman–Crippen LogP) is 5.30. The first-order chi connectivity index (χ1) is 9.71. The highest BCUT2D eigenvalue weighted by molar-refractivity contribution is 7.54. The van der Waals surface area contributed by atoms with Gasteiger partial charge in [0.1, 0.15) is 0 Å². The lowest BCUT2D eigenvalue weighted by atomic mass is 10.2. The number of unbranched alkanes of at least 4 members (excludes halogenated alkanes) is 3. The molecule has 0 radical (unpaired) electrons. The van der Waals surface area contributed by atoms with E-state index >= 15 is 0 Å². The zero-order valence-electron chi connectivity index (χ0n) is 12.3. The number of nitrogens with one attached hydrogen (secondary N) is 1. The summed E-state index contributed by atoms with van der Waals surface area (Å²) in [6.45, 7) is 2.10. The van der Waals surface area contributed by atoms with Gasteiger partial charge in [-0.2, -0.15) is 0 Å². The SMILES string of the molecule is CCCCC/C=C\[C@@H](OC(=N)C(Cl)(Cl)Cl)P(=O)(OC)OC. The number of rotatable bonds is 9. The maximum atomic E-state index is 12.4. The van der Waals surface area contributed by atoms with Crippen molar-refractivity contribution in [2.75, 3.05) is 14.2 Å². The third-order valence-electron chi connectivity index (χ3n) is 2.59. The maximum absolute atomic E-state index is 12.4. The van der Waals surface area contributed by atoms with Gasteiger partial charge in [-0.05, 0) is 18.9 Å². The Morgan fingerprint density at radius 1 is 1.29 bits per heavy atom. The minimum absolute atomic E-state index is 0.648. The van der Waals surface area contributed by atoms with Gasteiger partial charge in [0, 0.05) is 14.2 Å². The van der Waals surface area contributed by atoms with E-state index in [9.17, 15) is 4.57 Å². The Morgan fingerprint density at radius 2 is 1.86 bits per heavy atom. The van der Waals surface area contributed by atoms with E-state index in [0.717, 1.165) is 25.7 Å². The fourth-order valence-electron chi connectivity index (χ4n) is 1.40. The van der Waals surface area contributed by atoms with E-state index in [2.05, 4.69) is 6.92 Å². The van der Waals surface area contributed by atoms with Gasteiger partial charge in [0.15, 0.2) is 0 Å². The molecule has 0 unspecified atom stereocenters. The number of allylic oxidation sites excluding steroid dienone is 1. The molecule has 0 aliphatic carbocycles. The highest BCUT2D eigenvalue weighted by atomic mass is 35.6. The average molecular weight is 381 g/mol. The van der Waals surface area contributed by atoms with Crippen LogP contribution in [0.15, 0.2) is 12.2 Å². The lowest BCUT2D eigenvalue weighted by molar-refractivity contribution is 0.203. The third kappa shape index (κ3) is 7.87. The van der Waals surface area contributed by atoms with Gasteiger partial charge in [-0.15, -0.1) is 0 Å². The largest absolute Gasteiger partial charge is 0.457 e. The van der Waals surface area contributed by atoms with Gasteiger partial charge in [-0.25, -0.2) is 0 Å². The molecule has 0 spiro atoms. The average Bonchev–Trinajstić information content (AvgIpc) is 2.43. The van der Waals surface area contributed by atoms with Crippen molar-refractivity contribution in [2.24, 2.45) is 0 Å². The number of hydrogen-bond donors (Lipinski definition) is 1. The third-order valence-corrected chi connectivity index (χ3v) is 5.03. The second kappa shape index (κ2) is 10.1. The van der Waals surface area contributed by atoms with Crippen LogP contribution in [0.4, 0.5) is 0 Å².